The number of rotatable bonds is 10. The van der Waals surface area contributed by atoms with Gasteiger partial charge < -0.3 is 4.90 Å². The van der Waals surface area contributed by atoms with Crippen molar-refractivity contribution in [1.29, 1.82) is 0 Å². The van der Waals surface area contributed by atoms with E-state index in [-0.39, 0.29) is 11.3 Å². The van der Waals surface area contributed by atoms with Crippen LogP contribution in [0.15, 0.2) is 79.4 Å². The number of halogens is 1. The Hall–Kier alpha value is -2.84. The van der Waals surface area contributed by atoms with Crippen molar-refractivity contribution in [3.05, 3.63) is 90.5 Å². The Morgan fingerprint density at radius 1 is 1.00 bits per heavy atom. The fourth-order valence-corrected chi connectivity index (χ4v) is 7.30. The number of alkyl halides is 1. The highest BCUT2D eigenvalue weighted by Gasteiger charge is 2.52. The van der Waals surface area contributed by atoms with E-state index in [0.29, 0.717) is 5.88 Å². The van der Waals surface area contributed by atoms with Gasteiger partial charge in [0.15, 0.2) is 12.3 Å². The SMILES string of the molecule is C=CC(CCl)C1(C)C(C=Cc2ccc(N(CC)CC)cc2)=[N+](CC2CCCC2)c2ccc3ccccc3c21. The van der Waals surface area contributed by atoms with Gasteiger partial charge in [-0.15, -0.1) is 18.2 Å². The molecule has 0 bridgehead atoms. The van der Waals surface area contributed by atoms with Gasteiger partial charge in [-0.05, 0) is 74.2 Å². The van der Waals surface area contributed by atoms with E-state index in [1.807, 2.05) is 0 Å². The number of nitrogens with zero attached hydrogens (tertiary/aromatic N) is 2. The van der Waals surface area contributed by atoms with E-state index in [0.717, 1.165) is 25.6 Å². The van der Waals surface area contributed by atoms with Crippen LogP contribution >= 0.6 is 11.6 Å². The molecule has 0 aromatic heterocycles. The van der Waals surface area contributed by atoms with Gasteiger partial charge in [0.25, 0.3) is 0 Å². The zero-order valence-electron chi connectivity index (χ0n) is 23.3. The molecule has 3 aromatic carbocycles. The second kappa shape index (κ2) is 11.5. The maximum Gasteiger partial charge on any atom is 0.210 e. The van der Waals surface area contributed by atoms with E-state index in [9.17, 15) is 0 Å². The van der Waals surface area contributed by atoms with E-state index in [1.54, 1.807) is 0 Å². The minimum Gasteiger partial charge on any atom is -0.372 e. The van der Waals surface area contributed by atoms with E-state index >= 15 is 0 Å². The molecule has 0 saturated heterocycles. The van der Waals surface area contributed by atoms with Gasteiger partial charge in [-0.3, -0.25) is 0 Å². The second-order valence-corrected chi connectivity index (χ2v) is 11.4. The van der Waals surface area contributed by atoms with E-state index < -0.39 is 0 Å². The summed E-state index contributed by atoms with van der Waals surface area (Å²) in [6.07, 6.45) is 12.1. The van der Waals surface area contributed by atoms with Gasteiger partial charge in [0.05, 0.1) is 5.41 Å². The fraction of sp³-hybridized carbons (Fsp3) is 0.400. The first-order chi connectivity index (χ1) is 18.5. The van der Waals surface area contributed by atoms with Gasteiger partial charge >= 0.3 is 0 Å². The van der Waals surface area contributed by atoms with E-state index in [1.165, 1.54) is 64.7 Å². The average molecular weight is 526 g/mol. The summed E-state index contributed by atoms with van der Waals surface area (Å²) in [4.78, 5) is 2.39. The monoisotopic (exact) mass is 525 g/mol. The average Bonchev–Trinajstić information content (AvgIpc) is 3.55. The third-order valence-electron chi connectivity index (χ3n) is 9.10. The summed E-state index contributed by atoms with van der Waals surface area (Å²) in [7, 11) is 0. The van der Waals surface area contributed by atoms with Crippen LogP contribution in [0.1, 0.15) is 57.6 Å². The number of hydrogen-bond acceptors (Lipinski definition) is 1. The Labute approximate surface area is 234 Å². The first-order valence-corrected chi connectivity index (χ1v) is 15.0. The van der Waals surface area contributed by atoms with Gasteiger partial charge in [-0.2, -0.15) is 4.58 Å². The van der Waals surface area contributed by atoms with Crippen LogP contribution in [0.5, 0.6) is 0 Å². The van der Waals surface area contributed by atoms with E-state index in [4.69, 9.17) is 11.6 Å². The fourth-order valence-electron chi connectivity index (χ4n) is 6.87. The zero-order chi connectivity index (χ0) is 26.7. The summed E-state index contributed by atoms with van der Waals surface area (Å²) in [5.41, 5.74) is 6.31. The number of fused-ring (bicyclic) bond motifs is 3. The summed E-state index contributed by atoms with van der Waals surface area (Å²) in [6.45, 7) is 14.2. The number of anilines is 1. The molecule has 38 heavy (non-hydrogen) atoms. The van der Waals surface area contributed by atoms with Gasteiger partial charge in [0.1, 0.15) is 0 Å². The quantitative estimate of drug-likeness (QED) is 0.145. The molecule has 1 heterocycles. The summed E-state index contributed by atoms with van der Waals surface area (Å²) in [5, 5.41) is 2.61. The molecule has 3 heteroatoms. The second-order valence-electron chi connectivity index (χ2n) is 11.1. The van der Waals surface area contributed by atoms with Crippen molar-refractivity contribution in [1.82, 2.24) is 0 Å². The Morgan fingerprint density at radius 2 is 1.71 bits per heavy atom. The molecule has 198 valence electrons. The lowest BCUT2D eigenvalue weighted by Gasteiger charge is -2.30. The molecule has 2 atom stereocenters. The predicted molar refractivity (Wildman–Crippen MR) is 166 cm³/mol. The Morgan fingerprint density at radius 3 is 2.37 bits per heavy atom. The van der Waals surface area contributed by atoms with Crippen molar-refractivity contribution >= 4 is 45.5 Å². The molecule has 0 spiro atoms. The van der Waals surface area contributed by atoms with Gasteiger partial charge in [-0.25, -0.2) is 0 Å². The van der Waals surface area contributed by atoms with Crippen molar-refractivity contribution < 1.29 is 4.58 Å². The van der Waals surface area contributed by atoms with Crippen LogP contribution < -0.4 is 4.90 Å². The van der Waals surface area contributed by atoms with Crippen LogP contribution in [0.4, 0.5) is 11.4 Å². The van der Waals surface area contributed by atoms with Crippen LogP contribution in [0.3, 0.4) is 0 Å². The first-order valence-electron chi connectivity index (χ1n) is 14.4. The van der Waals surface area contributed by atoms with Crippen molar-refractivity contribution in [2.75, 3.05) is 30.4 Å². The maximum atomic E-state index is 6.70. The molecule has 1 saturated carbocycles. The zero-order valence-corrected chi connectivity index (χ0v) is 24.1. The first kappa shape index (κ1) is 26.8. The molecule has 0 radical (unpaired) electrons. The Balaban J connectivity index is 1.65. The molecule has 2 unspecified atom stereocenters. The lowest BCUT2D eigenvalue weighted by molar-refractivity contribution is -0.446. The molecule has 3 aromatic rings. The number of hydrogen-bond donors (Lipinski definition) is 0. The minimum absolute atomic E-state index is 0.118. The third-order valence-corrected chi connectivity index (χ3v) is 9.44. The highest BCUT2D eigenvalue weighted by molar-refractivity contribution is 6.19. The molecular formula is C35H42ClN2+. The van der Waals surface area contributed by atoms with Crippen LogP contribution in [-0.4, -0.2) is 35.8 Å². The van der Waals surface area contributed by atoms with Gasteiger partial charge in [-0.1, -0.05) is 55.3 Å². The molecule has 0 N–H and O–H groups in total. The molecule has 0 amide bonds. The van der Waals surface area contributed by atoms with Crippen LogP contribution in [0.25, 0.3) is 16.8 Å². The number of benzene rings is 3. The van der Waals surface area contributed by atoms with Crippen LogP contribution in [0, 0.1) is 11.8 Å². The molecular weight excluding hydrogens is 484 g/mol. The van der Waals surface area contributed by atoms with Crippen molar-refractivity contribution in [3.8, 4) is 0 Å². The molecule has 1 fully saturated rings. The summed E-state index contributed by atoms with van der Waals surface area (Å²) in [6, 6.07) is 22.4. The van der Waals surface area contributed by atoms with E-state index in [2.05, 4.69) is 116 Å². The summed E-state index contributed by atoms with van der Waals surface area (Å²) in [5.74, 6) is 1.38. The lowest BCUT2D eigenvalue weighted by Crippen LogP contribution is -2.39. The normalized spacial score (nSPS) is 20.4. The van der Waals surface area contributed by atoms with Gasteiger partial charge in [0.2, 0.25) is 5.69 Å². The minimum atomic E-state index is -0.268. The standard InChI is InChI=1S/C35H42ClN2/c1-5-29(24-36)35(4)33(23-18-26-16-20-30(21-17-26)37(6-2)7-3)38(25-27-12-8-9-13-27)32-22-19-28-14-10-11-15-31(28)34(32)35/h5,10-11,14-23,27,29H,1,6-9,12-13,24-25H2,2-4H3/q+1. The molecule has 2 nitrogen and oxygen atoms in total. The van der Waals surface area contributed by atoms with Gasteiger partial charge in [0, 0.05) is 54.2 Å². The largest absolute Gasteiger partial charge is 0.372 e. The third kappa shape index (κ3) is 4.73. The van der Waals surface area contributed by atoms with Crippen molar-refractivity contribution in [2.24, 2.45) is 11.8 Å². The lowest BCUT2D eigenvalue weighted by atomic mass is 9.68. The molecule has 1 aliphatic heterocycles. The topological polar surface area (TPSA) is 6.25 Å². The summed E-state index contributed by atoms with van der Waals surface area (Å²) >= 11 is 6.70. The van der Waals surface area contributed by atoms with Crippen LogP contribution in [0.2, 0.25) is 0 Å². The van der Waals surface area contributed by atoms with Crippen molar-refractivity contribution in [3.63, 3.8) is 0 Å². The summed E-state index contributed by atoms with van der Waals surface area (Å²) < 4.78 is 2.63. The molecule has 5 rings (SSSR count). The van der Waals surface area contributed by atoms with Crippen LogP contribution in [-0.2, 0) is 5.41 Å². The molecule has 2 aliphatic rings. The Kier molecular flexibility index (Phi) is 8.09. The maximum absolute atomic E-state index is 6.70. The molecule has 1 aliphatic carbocycles. The predicted octanol–water partition coefficient (Wildman–Crippen LogP) is 8.99. The van der Waals surface area contributed by atoms with Crippen molar-refractivity contribution in [2.45, 2.75) is 51.9 Å². The smallest absolute Gasteiger partial charge is 0.210 e. The highest BCUT2D eigenvalue weighted by atomic mass is 35.5. The number of allylic oxidation sites excluding steroid dienone is 2. The Bertz CT molecular complexity index is 1340. The highest BCUT2D eigenvalue weighted by Crippen LogP contribution is 2.49.